The summed E-state index contributed by atoms with van der Waals surface area (Å²) in [6.07, 6.45) is 0. The van der Waals surface area contributed by atoms with Crippen LogP contribution in [0.2, 0.25) is 20.1 Å². The van der Waals surface area contributed by atoms with Crippen molar-refractivity contribution in [1.82, 2.24) is 5.32 Å². The molecule has 0 aromatic heterocycles. The van der Waals surface area contributed by atoms with Crippen LogP contribution in [0.15, 0.2) is 40.9 Å². The molecule has 2 aromatic carbocycles. The molecule has 1 aliphatic heterocycles. The van der Waals surface area contributed by atoms with Crippen LogP contribution < -0.4 is 15.4 Å². The van der Waals surface area contributed by atoms with Gasteiger partial charge in [-0.05, 0) is 42.8 Å². The minimum Gasteiger partial charge on any atom is -0.491 e. The number of nitriles is 1. The molecule has 0 bridgehead atoms. The number of amides is 2. The Labute approximate surface area is 237 Å². The van der Waals surface area contributed by atoms with Gasteiger partial charge in [-0.15, -0.1) is 0 Å². The first-order valence-corrected chi connectivity index (χ1v) is 13.1. The lowest BCUT2D eigenvalue weighted by Crippen LogP contribution is -2.44. The third-order valence-electron chi connectivity index (χ3n) is 5.20. The van der Waals surface area contributed by atoms with Crippen molar-refractivity contribution >= 4 is 81.6 Å². The Morgan fingerprint density at radius 3 is 2.38 bits per heavy atom. The van der Waals surface area contributed by atoms with Crippen LogP contribution in [-0.2, 0) is 19.1 Å². The van der Waals surface area contributed by atoms with Gasteiger partial charge < -0.3 is 20.1 Å². The van der Waals surface area contributed by atoms with E-state index in [9.17, 15) is 19.6 Å². The number of nitrogens with one attached hydrogen (secondary N) is 2. The van der Waals surface area contributed by atoms with E-state index in [1.807, 2.05) is 0 Å². The minimum atomic E-state index is -1.39. The molecule has 0 unspecified atom stereocenters. The van der Waals surface area contributed by atoms with Crippen molar-refractivity contribution in [2.45, 2.75) is 12.8 Å². The maximum absolute atomic E-state index is 13.0. The normalized spacial score (nSPS) is 17.1. The van der Waals surface area contributed by atoms with E-state index in [0.29, 0.717) is 22.9 Å². The van der Waals surface area contributed by atoms with Crippen molar-refractivity contribution in [2.24, 2.45) is 5.92 Å². The Morgan fingerprint density at radius 2 is 1.81 bits per heavy atom. The molecular formula is C24H19Cl4N3O5S. The first-order chi connectivity index (χ1) is 17.6. The molecule has 37 heavy (non-hydrogen) atoms. The number of ether oxygens (including phenoxy) is 2. The maximum atomic E-state index is 13.0. The van der Waals surface area contributed by atoms with Gasteiger partial charge in [-0.2, -0.15) is 5.26 Å². The summed E-state index contributed by atoms with van der Waals surface area (Å²) >= 11 is 25.6. The van der Waals surface area contributed by atoms with E-state index in [-0.39, 0.29) is 37.2 Å². The molecule has 8 nitrogen and oxygen atoms in total. The zero-order valence-corrected chi connectivity index (χ0v) is 23.2. The van der Waals surface area contributed by atoms with Crippen LogP contribution in [0.3, 0.4) is 0 Å². The number of allylic oxidation sites excluding steroid dienone is 1. The zero-order chi connectivity index (χ0) is 27.3. The Bertz CT molecular complexity index is 1300. The second kappa shape index (κ2) is 12.8. The molecule has 0 saturated carbocycles. The summed E-state index contributed by atoms with van der Waals surface area (Å²) in [7, 11) is 1.14. The van der Waals surface area contributed by atoms with Gasteiger partial charge in [-0.25, -0.2) is 0 Å². The van der Waals surface area contributed by atoms with Crippen LogP contribution >= 0.6 is 58.2 Å². The van der Waals surface area contributed by atoms with Crippen molar-refractivity contribution in [1.29, 1.82) is 5.26 Å². The van der Waals surface area contributed by atoms with Crippen LogP contribution in [0.5, 0.6) is 5.75 Å². The number of hydrogen-bond acceptors (Lipinski definition) is 7. The fourth-order valence-corrected chi connectivity index (χ4v) is 5.55. The molecule has 3 rings (SSSR count). The number of benzene rings is 2. The van der Waals surface area contributed by atoms with Gasteiger partial charge in [-0.3, -0.25) is 14.4 Å². The molecule has 13 heteroatoms. The van der Waals surface area contributed by atoms with E-state index < -0.39 is 29.6 Å². The third kappa shape index (κ3) is 6.64. The van der Waals surface area contributed by atoms with Gasteiger partial charge in [0.05, 0.1) is 56.9 Å². The summed E-state index contributed by atoms with van der Waals surface area (Å²) in [4.78, 5) is 38.2. The average Bonchev–Trinajstić information content (AvgIpc) is 2.85. The first-order valence-electron chi connectivity index (χ1n) is 10.6. The molecule has 2 amide bonds. The maximum Gasteiger partial charge on any atom is 0.319 e. The van der Waals surface area contributed by atoms with E-state index >= 15 is 0 Å². The van der Waals surface area contributed by atoms with Gasteiger partial charge >= 0.3 is 5.97 Å². The predicted molar refractivity (Wildman–Crippen MR) is 144 cm³/mol. The van der Waals surface area contributed by atoms with Crippen LogP contribution in [0.25, 0.3) is 0 Å². The van der Waals surface area contributed by atoms with Crippen molar-refractivity contribution in [3.8, 4) is 11.8 Å². The van der Waals surface area contributed by atoms with Gasteiger partial charge in [-0.1, -0.05) is 58.2 Å². The lowest BCUT2D eigenvalue weighted by Gasteiger charge is -2.31. The summed E-state index contributed by atoms with van der Waals surface area (Å²) in [5, 5.41) is 16.3. The summed E-state index contributed by atoms with van der Waals surface area (Å²) in [5.74, 6) is -4.42. The number of hydrogen-bond donors (Lipinski definition) is 2. The summed E-state index contributed by atoms with van der Waals surface area (Å²) in [6, 6.07) is 9.60. The smallest absolute Gasteiger partial charge is 0.319 e. The molecule has 2 N–H and O–H groups in total. The molecule has 1 heterocycles. The molecule has 0 spiro atoms. The second-order valence-electron chi connectivity index (χ2n) is 7.53. The van der Waals surface area contributed by atoms with E-state index in [0.717, 1.165) is 18.9 Å². The van der Waals surface area contributed by atoms with Crippen LogP contribution in [0.4, 0.5) is 5.69 Å². The SMILES string of the molecule is CCOc1c(Cl)cc([C@@H]2C(C#N)=C(SCC(=O)Nc3ccc(Cl)cc3Cl)NC(=O)[C@@H]2C(=O)OC)cc1Cl. The highest BCUT2D eigenvalue weighted by molar-refractivity contribution is 8.03. The van der Waals surface area contributed by atoms with Gasteiger partial charge in [0.25, 0.3) is 0 Å². The minimum absolute atomic E-state index is 0.0358. The Kier molecular flexibility index (Phi) is 9.99. The van der Waals surface area contributed by atoms with Crippen molar-refractivity contribution < 1.29 is 23.9 Å². The third-order valence-corrected chi connectivity index (χ3v) is 7.33. The average molecular weight is 603 g/mol. The Hall–Kier alpha value is -2.61. The lowest BCUT2D eigenvalue weighted by molar-refractivity contribution is -0.150. The number of methoxy groups -OCH3 is 1. The van der Waals surface area contributed by atoms with Gasteiger partial charge in [0.15, 0.2) is 5.75 Å². The fraction of sp³-hybridized carbons (Fsp3) is 0.250. The van der Waals surface area contributed by atoms with Crippen molar-refractivity contribution in [3.05, 3.63) is 66.6 Å². The highest BCUT2D eigenvalue weighted by atomic mass is 35.5. The first kappa shape index (κ1) is 29.0. The molecule has 0 saturated heterocycles. The van der Waals surface area contributed by atoms with Crippen molar-refractivity contribution in [2.75, 3.05) is 24.8 Å². The number of thioether (sulfide) groups is 1. The summed E-state index contributed by atoms with van der Waals surface area (Å²) in [5.41, 5.74) is 0.713. The summed E-state index contributed by atoms with van der Waals surface area (Å²) in [6.45, 7) is 2.07. The number of esters is 1. The second-order valence-corrected chi connectivity index (χ2v) is 10.2. The number of anilines is 1. The quantitative estimate of drug-likeness (QED) is 0.289. The van der Waals surface area contributed by atoms with E-state index in [1.54, 1.807) is 19.1 Å². The lowest BCUT2D eigenvalue weighted by atomic mass is 9.78. The molecular weight excluding hydrogens is 584 g/mol. The van der Waals surface area contributed by atoms with Crippen LogP contribution in [0.1, 0.15) is 18.4 Å². The van der Waals surface area contributed by atoms with E-state index in [2.05, 4.69) is 16.7 Å². The number of halogens is 4. The standard InChI is InChI=1S/C24H19Cl4N3O5S/c1-3-36-21-15(27)6-11(7-16(21)28)19-13(9-29)23(31-22(33)20(19)24(34)35-2)37-10-18(32)30-17-5-4-12(25)8-14(17)26/h4-8,19-20H,3,10H2,1-2H3,(H,30,32)(H,31,33)/t19-,20-/m1/s1. The topological polar surface area (TPSA) is 118 Å². The number of carbonyl (C=O) groups is 3. The van der Waals surface area contributed by atoms with Gasteiger partial charge in [0.1, 0.15) is 5.92 Å². The van der Waals surface area contributed by atoms with Gasteiger partial charge in [0, 0.05) is 10.9 Å². The molecule has 0 radical (unpaired) electrons. The van der Waals surface area contributed by atoms with Crippen LogP contribution in [0, 0.1) is 17.2 Å². The highest BCUT2D eigenvalue weighted by Gasteiger charge is 2.44. The van der Waals surface area contributed by atoms with Crippen LogP contribution in [-0.4, -0.2) is 37.3 Å². The molecule has 0 aliphatic carbocycles. The fourth-order valence-electron chi connectivity index (χ4n) is 3.64. The molecule has 194 valence electrons. The van der Waals surface area contributed by atoms with Gasteiger partial charge in [0.2, 0.25) is 11.8 Å². The number of rotatable bonds is 8. The number of carbonyl (C=O) groups excluding carboxylic acids is 3. The monoisotopic (exact) mass is 601 g/mol. The Morgan fingerprint density at radius 1 is 1.14 bits per heavy atom. The predicted octanol–water partition coefficient (Wildman–Crippen LogP) is 5.81. The molecule has 0 fully saturated rings. The van der Waals surface area contributed by atoms with E-state index in [1.165, 1.54) is 18.2 Å². The van der Waals surface area contributed by atoms with Crippen molar-refractivity contribution in [3.63, 3.8) is 0 Å². The molecule has 1 aliphatic rings. The van der Waals surface area contributed by atoms with E-state index in [4.69, 9.17) is 55.9 Å². The highest BCUT2D eigenvalue weighted by Crippen LogP contribution is 2.44. The Balaban J connectivity index is 1.97. The molecule has 2 atom stereocenters. The molecule has 2 aromatic rings. The number of nitrogens with zero attached hydrogens (tertiary/aromatic N) is 1. The largest absolute Gasteiger partial charge is 0.491 e. The zero-order valence-electron chi connectivity index (χ0n) is 19.4. The summed E-state index contributed by atoms with van der Waals surface area (Å²) < 4.78 is 10.3.